The van der Waals surface area contributed by atoms with Crippen LogP contribution in [0, 0.1) is 0 Å². The predicted molar refractivity (Wildman–Crippen MR) is 125 cm³/mol. The van der Waals surface area contributed by atoms with Crippen LogP contribution in [-0.2, 0) is 0 Å². The summed E-state index contributed by atoms with van der Waals surface area (Å²) < 4.78 is 16.5. The van der Waals surface area contributed by atoms with Gasteiger partial charge >= 0.3 is 0 Å². The van der Waals surface area contributed by atoms with Gasteiger partial charge in [-0.1, -0.05) is 16.8 Å². The molecule has 3 aromatic heterocycles. The third-order valence-corrected chi connectivity index (χ3v) is 5.97. The van der Waals surface area contributed by atoms with Gasteiger partial charge in [0.15, 0.2) is 5.82 Å². The number of nitrogens with zero attached hydrogens (tertiary/aromatic N) is 7. The lowest BCUT2D eigenvalue weighted by atomic mass is 10.1. The number of likely N-dealkylation sites (tertiary alicyclic amines) is 1. The Kier molecular flexibility index (Phi) is 6.32. The van der Waals surface area contributed by atoms with E-state index in [1.54, 1.807) is 35.4 Å². The molecule has 0 bridgehead atoms. The highest BCUT2D eigenvalue weighted by Crippen LogP contribution is 2.36. The van der Waals surface area contributed by atoms with Crippen LogP contribution >= 0.6 is 11.6 Å². The average molecular weight is 496 g/mol. The number of methoxy groups -OCH3 is 1. The van der Waals surface area contributed by atoms with Crippen LogP contribution < -0.4 is 9.47 Å². The number of pyridine rings is 1. The minimum Gasteiger partial charge on any atom is -0.495 e. The Morgan fingerprint density at radius 2 is 2.09 bits per heavy atom. The number of halogens is 1. The van der Waals surface area contributed by atoms with Crippen LogP contribution in [-0.4, -0.2) is 61.2 Å². The van der Waals surface area contributed by atoms with Gasteiger partial charge in [0.25, 0.3) is 11.8 Å². The number of carbonyl (C=O) groups is 1. The van der Waals surface area contributed by atoms with E-state index < -0.39 is 0 Å². The molecular weight excluding hydrogens is 474 g/mol. The van der Waals surface area contributed by atoms with E-state index >= 15 is 0 Å². The number of hydrogen-bond acceptors (Lipinski definition) is 9. The van der Waals surface area contributed by atoms with Crippen LogP contribution in [0.1, 0.15) is 42.0 Å². The number of carbonyl (C=O) groups excluding carboxylic acids is 1. The lowest BCUT2D eigenvalue weighted by Crippen LogP contribution is -2.32. The summed E-state index contributed by atoms with van der Waals surface area (Å²) in [6, 6.07) is 6.42. The number of ether oxygens (including phenoxy) is 2. The molecular formula is C23H22ClN7O4. The Morgan fingerprint density at radius 1 is 1.26 bits per heavy atom. The zero-order chi connectivity index (χ0) is 24.4. The standard InChI is InChI=1S/C23H22ClN7O4/c1-3-34-21-14(6-4-8-25-21)22-28-20(29-35-22)17-7-5-11-30(17)23(32)15-12-19(33-2)16(24)13-18(15)31-26-9-10-27-31/h4,6,8-10,12-13,17H,3,5,7,11H2,1-2H3/t17-/m0/s1. The summed E-state index contributed by atoms with van der Waals surface area (Å²) in [6.07, 6.45) is 6.17. The van der Waals surface area contributed by atoms with Gasteiger partial charge < -0.3 is 18.9 Å². The smallest absolute Gasteiger partial charge is 0.263 e. The van der Waals surface area contributed by atoms with Crippen LogP contribution in [0.3, 0.4) is 0 Å². The van der Waals surface area contributed by atoms with Gasteiger partial charge in [0.2, 0.25) is 5.88 Å². The Labute approximate surface area is 205 Å². The fourth-order valence-electron chi connectivity index (χ4n) is 4.09. The summed E-state index contributed by atoms with van der Waals surface area (Å²) in [4.78, 5) is 25.7. The molecule has 1 amide bonds. The minimum atomic E-state index is -0.368. The molecule has 0 saturated carbocycles. The zero-order valence-corrected chi connectivity index (χ0v) is 19.8. The van der Waals surface area contributed by atoms with E-state index in [-0.39, 0.29) is 17.8 Å². The first-order chi connectivity index (χ1) is 17.1. The van der Waals surface area contributed by atoms with Crippen molar-refractivity contribution in [3.05, 3.63) is 59.3 Å². The second-order valence-electron chi connectivity index (χ2n) is 7.73. The largest absolute Gasteiger partial charge is 0.495 e. The molecule has 1 atom stereocenters. The predicted octanol–water partition coefficient (Wildman–Crippen LogP) is 3.75. The molecule has 1 saturated heterocycles. The Hall–Kier alpha value is -3.99. The molecule has 1 aliphatic rings. The molecule has 5 rings (SSSR count). The van der Waals surface area contributed by atoms with Crippen molar-refractivity contribution >= 4 is 17.5 Å². The number of amides is 1. The summed E-state index contributed by atoms with van der Waals surface area (Å²) in [5.74, 6) is 1.25. The molecule has 0 radical (unpaired) electrons. The lowest BCUT2D eigenvalue weighted by molar-refractivity contribution is 0.0727. The molecule has 180 valence electrons. The van der Waals surface area contributed by atoms with Gasteiger partial charge in [0.05, 0.1) is 42.7 Å². The van der Waals surface area contributed by atoms with Crippen molar-refractivity contribution in [2.45, 2.75) is 25.8 Å². The van der Waals surface area contributed by atoms with Crippen LogP contribution in [0.2, 0.25) is 5.02 Å². The lowest BCUT2D eigenvalue weighted by Gasteiger charge is -2.23. The maximum atomic E-state index is 13.8. The molecule has 0 spiro atoms. The van der Waals surface area contributed by atoms with Crippen molar-refractivity contribution in [2.75, 3.05) is 20.3 Å². The topological polar surface area (TPSA) is 121 Å². The van der Waals surface area contributed by atoms with Crippen molar-refractivity contribution in [1.29, 1.82) is 0 Å². The van der Waals surface area contributed by atoms with Gasteiger partial charge in [-0.2, -0.15) is 20.0 Å². The van der Waals surface area contributed by atoms with E-state index in [4.69, 9.17) is 25.6 Å². The molecule has 11 nitrogen and oxygen atoms in total. The second-order valence-corrected chi connectivity index (χ2v) is 8.13. The van der Waals surface area contributed by atoms with E-state index in [1.807, 2.05) is 6.92 Å². The van der Waals surface area contributed by atoms with Crippen LogP contribution in [0.25, 0.3) is 17.1 Å². The number of rotatable bonds is 7. The highest BCUT2D eigenvalue weighted by Gasteiger charge is 2.36. The molecule has 4 heterocycles. The van der Waals surface area contributed by atoms with Gasteiger partial charge in [-0.3, -0.25) is 4.79 Å². The highest BCUT2D eigenvalue weighted by molar-refractivity contribution is 6.32. The molecule has 0 aliphatic carbocycles. The summed E-state index contributed by atoms with van der Waals surface area (Å²) in [6.45, 7) is 2.85. The fraction of sp³-hybridized carbons (Fsp3) is 0.304. The summed E-state index contributed by atoms with van der Waals surface area (Å²) in [5.41, 5.74) is 1.39. The molecule has 12 heteroatoms. The third kappa shape index (κ3) is 4.30. The van der Waals surface area contributed by atoms with Crippen molar-refractivity contribution in [1.82, 2.24) is 35.0 Å². The third-order valence-electron chi connectivity index (χ3n) is 5.67. The number of aromatic nitrogens is 6. The summed E-state index contributed by atoms with van der Waals surface area (Å²) in [5, 5.41) is 12.9. The van der Waals surface area contributed by atoms with E-state index in [1.165, 1.54) is 24.3 Å². The first kappa shape index (κ1) is 22.8. The van der Waals surface area contributed by atoms with Crippen LogP contribution in [0.4, 0.5) is 0 Å². The van der Waals surface area contributed by atoms with Gasteiger partial charge in [-0.15, -0.1) is 0 Å². The average Bonchev–Trinajstić information content (AvgIpc) is 3.65. The van der Waals surface area contributed by atoms with E-state index in [0.717, 1.165) is 6.42 Å². The monoisotopic (exact) mass is 495 g/mol. The SMILES string of the molecule is CCOc1ncccc1-c1nc([C@@H]2CCCN2C(=O)c2cc(OC)c(Cl)cc2-n2nccn2)no1. The van der Waals surface area contributed by atoms with Gasteiger partial charge in [0.1, 0.15) is 17.0 Å². The van der Waals surface area contributed by atoms with Crippen molar-refractivity contribution in [2.24, 2.45) is 0 Å². The first-order valence-corrected chi connectivity index (χ1v) is 11.5. The Bertz CT molecular complexity index is 1340. The molecule has 4 aromatic rings. The minimum absolute atomic E-state index is 0.238. The second kappa shape index (κ2) is 9.71. The van der Waals surface area contributed by atoms with Gasteiger partial charge in [0, 0.05) is 12.7 Å². The zero-order valence-electron chi connectivity index (χ0n) is 19.1. The Morgan fingerprint density at radius 3 is 2.86 bits per heavy atom. The number of benzene rings is 1. The van der Waals surface area contributed by atoms with E-state index in [9.17, 15) is 4.79 Å². The van der Waals surface area contributed by atoms with Crippen molar-refractivity contribution in [3.63, 3.8) is 0 Å². The maximum absolute atomic E-state index is 13.8. The molecule has 35 heavy (non-hydrogen) atoms. The molecule has 0 unspecified atom stereocenters. The normalized spacial score (nSPS) is 15.4. The maximum Gasteiger partial charge on any atom is 0.263 e. The quantitative estimate of drug-likeness (QED) is 0.377. The van der Waals surface area contributed by atoms with Crippen LogP contribution in [0.5, 0.6) is 11.6 Å². The number of hydrogen-bond donors (Lipinski definition) is 0. The van der Waals surface area contributed by atoms with Gasteiger partial charge in [-0.05, 0) is 44.0 Å². The highest BCUT2D eigenvalue weighted by atomic mass is 35.5. The molecule has 1 fully saturated rings. The summed E-state index contributed by atoms with van der Waals surface area (Å²) in [7, 11) is 1.50. The van der Waals surface area contributed by atoms with Crippen molar-refractivity contribution in [3.8, 4) is 28.8 Å². The Balaban J connectivity index is 1.49. The van der Waals surface area contributed by atoms with Crippen LogP contribution in [0.15, 0.2) is 47.4 Å². The molecule has 1 aromatic carbocycles. The molecule has 1 aliphatic heterocycles. The van der Waals surface area contributed by atoms with Crippen molar-refractivity contribution < 1.29 is 18.8 Å². The fourth-order valence-corrected chi connectivity index (χ4v) is 4.33. The van der Waals surface area contributed by atoms with E-state index in [2.05, 4.69) is 25.3 Å². The first-order valence-electron chi connectivity index (χ1n) is 11.1. The molecule has 0 N–H and O–H groups in total. The van der Waals surface area contributed by atoms with E-state index in [0.29, 0.717) is 58.9 Å². The summed E-state index contributed by atoms with van der Waals surface area (Å²) >= 11 is 6.34. The van der Waals surface area contributed by atoms with Gasteiger partial charge in [-0.25, -0.2) is 4.98 Å².